The average Bonchev–Trinajstić information content (AvgIpc) is 3.86. The molecule has 0 aliphatic rings. The van der Waals surface area contributed by atoms with Gasteiger partial charge in [-0.15, -0.1) is 0 Å². The van der Waals surface area contributed by atoms with Gasteiger partial charge in [0.05, 0.1) is 22.4 Å². The minimum Gasteiger partial charge on any atom is -0.456 e. The van der Waals surface area contributed by atoms with Crippen LogP contribution < -0.4 is 4.90 Å². The van der Waals surface area contributed by atoms with E-state index in [1.54, 1.807) is 0 Å². The fourth-order valence-electron chi connectivity index (χ4n) is 9.16. The van der Waals surface area contributed by atoms with Crippen LogP contribution in [0, 0.1) is 0 Å². The minimum absolute atomic E-state index is 0.841. The molecule has 0 radical (unpaired) electrons. The first-order chi connectivity index (χ1) is 28.3. The van der Waals surface area contributed by atoms with Crippen LogP contribution in [0.1, 0.15) is 0 Å². The second-order valence-corrected chi connectivity index (χ2v) is 14.8. The molecule has 0 unspecified atom stereocenters. The van der Waals surface area contributed by atoms with Crippen LogP contribution in [0.5, 0.6) is 0 Å². The molecular weight excluding hydrogens is 695 g/mol. The van der Waals surface area contributed by atoms with Gasteiger partial charge in [-0.25, -0.2) is 0 Å². The number of nitrogens with zero attached hydrogens (tertiary/aromatic N) is 1. The second kappa shape index (κ2) is 12.5. The zero-order valence-corrected chi connectivity index (χ0v) is 30.8. The van der Waals surface area contributed by atoms with E-state index < -0.39 is 0 Å². The summed E-state index contributed by atoms with van der Waals surface area (Å²) >= 11 is 0. The van der Waals surface area contributed by atoms with Gasteiger partial charge in [0.25, 0.3) is 0 Å². The molecule has 0 aliphatic heterocycles. The normalized spacial score (nSPS) is 11.9. The molecule has 2 aromatic heterocycles. The number of hydrogen-bond donors (Lipinski definition) is 0. The molecule has 0 atom stereocenters. The van der Waals surface area contributed by atoms with Gasteiger partial charge in [-0.1, -0.05) is 164 Å². The molecule has 266 valence electrons. The third-order valence-corrected chi connectivity index (χ3v) is 11.6. The first-order valence-electron chi connectivity index (χ1n) is 19.4. The van der Waals surface area contributed by atoms with E-state index in [0.717, 1.165) is 88.6 Å². The van der Waals surface area contributed by atoms with Gasteiger partial charge in [0.1, 0.15) is 22.3 Å². The highest BCUT2D eigenvalue weighted by molar-refractivity contribution is 6.25. The summed E-state index contributed by atoms with van der Waals surface area (Å²) in [6.45, 7) is 0. The number of hydrogen-bond acceptors (Lipinski definition) is 3. The van der Waals surface area contributed by atoms with E-state index in [0.29, 0.717) is 0 Å². The zero-order valence-electron chi connectivity index (χ0n) is 30.8. The molecule has 0 bridgehead atoms. The topological polar surface area (TPSA) is 29.5 Å². The van der Waals surface area contributed by atoms with Crippen LogP contribution in [0.15, 0.2) is 209 Å². The summed E-state index contributed by atoms with van der Waals surface area (Å²) in [7, 11) is 0. The predicted molar refractivity (Wildman–Crippen MR) is 239 cm³/mol. The molecule has 57 heavy (non-hydrogen) atoms. The van der Waals surface area contributed by atoms with Crippen molar-refractivity contribution in [3.8, 4) is 22.3 Å². The Labute approximate surface area is 328 Å². The number of para-hydroxylation sites is 4. The van der Waals surface area contributed by atoms with E-state index in [4.69, 9.17) is 8.83 Å². The van der Waals surface area contributed by atoms with Gasteiger partial charge in [-0.2, -0.15) is 0 Å². The van der Waals surface area contributed by atoms with E-state index in [1.807, 2.05) is 12.1 Å². The maximum absolute atomic E-state index is 6.73. The van der Waals surface area contributed by atoms with Gasteiger partial charge in [-0.3, -0.25) is 0 Å². The molecule has 0 amide bonds. The van der Waals surface area contributed by atoms with Crippen molar-refractivity contribution < 1.29 is 8.83 Å². The van der Waals surface area contributed by atoms with Crippen molar-refractivity contribution in [2.24, 2.45) is 0 Å². The Bertz CT molecular complexity index is 3550. The molecule has 0 aliphatic carbocycles. The number of benzene rings is 10. The fourth-order valence-corrected chi connectivity index (χ4v) is 9.16. The highest BCUT2D eigenvalue weighted by atomic mass is 16.3. The summed E-state index contributed by atoms with van der Waals surface area (Å²) in [4.78, 5) is 2.50. The van der Waals surface area contributed by atoms with Crippen LogP contribution in [0.4, 0.5) is 17.1 Å². The number of fused-ring (bicyclic) bond motifs is 10. The summed E-state index contributed by atoms with van der Waals surface area (Å²) in [6.07, 6.45) is 0. The van der Waals surface area contributed by atoms with E-state index in [1.165, 1.54) is 26.9 Å². The van der Waals surface area contributed by atoms with Crippen molar-refractivity contribution in [2.75, 3.05) is 4.90 Å². The third-order valence-electron chi connectivity index (χ3n) is 11.6. The van der Waals surface area contributed by atoms with Gasteiger partial charge in [0.15, 0.2) is 0 Å². The molecule has 0 saturated carbocycles. The maximum atomic E-state index is 6.73. The number of rotatable bonds is 5. The highest BCUT2D eigenvalue weighted by Gasteiger charge is 2.28. The highest BCUT2D eigenvalue weighted by Crippen LogP contribution is 2.54. The largest absolute Gasteiger partial charge is 0.456 e. The molecule has 3 nitrogen and oxygen atoms in total. The Hall–Kier alpha value is -7.62. The monoisotopic (exact) mass is 727 g/mol. The molecular formula is C54H33NO2. The molecule has 0 N–H and O–H groups in total. The maximum Gasteiger partial charge on any atom is 0.143 e. The van der Waals surface area contributed by atoms with Crippen molar-refractivity contribution in [1.82, 2.24) is 0 Å². The quantitative estimate of drug-likeness (QED) is 0.165. The molecule has 12 rings (SSSR count). The van der Waals surface area contributed by atoms with E-state index in [9.17, 15) is 0 Å². The number of furan rings is 2. The molecule has 0 saturated heterocycles. The summed E-state index contributed by atoms with van der Waals surface area (Å²) in [5.74, 6) is 0. The lowest BCUT2D eigenvalue weighted by Crippen LogP contribution is -2.14. The van der Waals surface area contributed by atoms with Crippen LogP contribution in [0.3, 0.4) is 0 Å². The smallest absolute Gasteiger partial charge is 0.143 e. The van der Waals surface area contributed by atoms with Crippen LogP contribution in [0.2, 0.25) is 0 Å². The molecule has 0 fully saturated rings. The van der Waals surface area contributed by atoms with Gasteiger partial charge in [0.2, 0.25) is 0 Å². The Morgan fingerprint density at radius 2 is 0.895 bits per heavy atom. The predicted octanol–water partition coefficient (Wildman–Crippen LogP) is 15.7. The van der Waals surface area contributed by atoms with Crippen molar-refractivity contribution in [3.63, 3.8) is 0 Å². The average molecular weight is 728 g/mol. The Morgan fingerprint density at radius 1 is 0.333 bits per heavy atom. The lowest BCUT2D eigenvalue weighted by molar-refractivity contribution is 0.669. The minimum atomic E-state index is 0.841. The summed E-state index contributed by atoms with van der Waals surface area (Å²) in [6, 6.07) is 71.6. The van der Waals surface area contributed by atoms with Crippen LogP contribution >= 0.6 is 0 Å². The molecule has 12 aromatic rings. The summed E-state index contributed by atoms with van der Waals surface area (Å²) in [5.41, 5.74) is 11.0. The first kappa shape index (κ1) is 31.7. The van der Waals surface area contributed by atoms with Gasteiger partial charge in [0, 0.05) is 38.2 Å². The van der Waals surface area contributed by atoms with Crippen molar-refractivity contribution in [3.05, 3.63) is 200 Å². The molecule has 0 spiro atoms. The zero-order chi connectivity index (χ0) is 37.5. The first-order valence-corrected chi connectivity index (χ1v) is 19.4. The van der Waals surface area contributed by atoms with Crippen molar-refractivity contribution >= 4 is 93.3 Å². The Balaban J connectivity index is 1.27. The van der Waals surface area contributed by atoms with Gasteiger partial charge < -0.3 is 13.7 Å². The van der Waals surface area contributed by atoms with Crippen LogP contribution in [-0.2, 0) is 0 Å². The molecule has 3 heteroatoms. The van der Waals surface area contributed by atoms with Crippen molar-refractivity contribution in [1.29, 1.82) is 0 Å². The number of anilines is 3. The summed E-state index contributed by atoms with van der Waals surface area (Å²) in [5, 5.41) is 11.5. The Kier molecular flexibility index (Phi) is 6.93. The van der Waals surface area contributed by atoms with Gasteiger partial charge >= 0.3 is 0 Å². The van der Waals surface area contributed by atoms with Crippen molar-refractivity contribution in [2.45, 2.75) is 0 Å². The van der Waals surface area contributed by atoms with E-state index in [2.05, 4.69) is 193 Å². The van der Waals surface area contributed by atoms with Crippen LogP contribution in [0.25, 0.3) is 98.4 Å². The van der Waals surface area contributed by atoms with Gasteiger partial charge in [-0.05, 0) is 68.9 Å². The second-order valence-electron chi connectivity index (χ2n) is 14.8. The lowest BCUT2D eigenvalue weighted by atomic mass is 9.88. The van der Waals surface area contributed by atoms with E-state index in [-0.39, 0.29) is 0 Å². The van der Waals surface area contributed by atoms with E-state index >= 15 is 0 Å². The standard InChI is InChI=1S/C54H33NO2/c1-2-16-35-33-36(32-31-34(35)15-1)51-41-21-5-3-17-37(41)38-18-4-6-22-42(38)53(51)55(47-27-14-30-50-52(47)45-23-9-12-29-49(45)56-50)46-26-10-7-19-39(46)43-24-13-25-44-40-20-8-11-28-48(40)57-54(43)44/h1-33H. The SMILES string of the molecule is c1ccc(N(c2c(-c3ccc4ccccc4c3)c3ccccc3c3ccccc23)c2cccc3oc4ccccc4c23)c(-c2cccc3c2oc2ccccc23)c1. The Morgan fingerprint density at radius 3 is 1.74 bits per heavy atom. The fraction of sp³-hybridized carbons (Fsp3) is 0. The molecule has 2 heterocycles. The van der Waals surface area contributed by atoms with Crippen LogP contribution in [-0.4, -0.2) is 0 Å². The lowest BCUT2D eigenvalue weighted by Gasteiger charge is -2.32. The summed E-state index contributed by atoms with van der Waals surface area (Å²) < 4.78 is 13.3. The third kappa shape index (κ3) is 4.79. The molecule has 10 aromatic carbocycles.